The Morgan fingerprint density at radius 2 is 2.00 bits per heavy atom. The predicted octanol–water partition coefficient (Wildman–Crippen LogP) is 3.90. The summed E-state index contributed by atoms with van der Waals surface area (Å²) in [7, 11) is 1.50. The summed E-state index contributed by atoms with van der Waals surface area (Å²) in [6.07, 6.45) is 0. The van der Waals surface area contributed by atoms with Crippen molar-refractivity contribution >= 4 is 34.0 Å². The molecule has 0 spiro atoms. The van der Waals surface area contributed by atoms with E-state index in [0.29, 0.717) is 12.4 Å². The van der Waals surface area contributed by atoms with E-state index in [1.807, 2.05) is 6.92 Å². The molecule has 1 N–H and O–H groups in total. The summed E-state index contributed by atoms with van der Waals surface area (Å²) in [5, 5.41) is 20.5. The lowest BCUT2D eigenvalue weighted by Crippen LogP contribution is -2.02. The molecule has 7 nitrogen and oxygen atoms in total. The first-order chi connectivity index (χ1) is 11.9. The summed E-state index contributed by atoms with van der Waals surface area (Å²) in [6, 6.07) is 9.53. The van der Waals surface area contributed by atoms with Crippen LogP contribution in [0, 0.1) is 13.7 Å². The van der Waals surface area contributed by atoms with E-state index in [1.165, 1.54) is 19.2 Å². The van der Waals surface area contributed by atoms with E-state index in [2.05, 4.69) is 27.6 Å². The Hall–Kier alpha value is -2.20. The van der Waals surface area contributed by atoms with Gasteiger partial charge in [0.05, 0.1) is 18.6 Å². The zero-order valence-corrected chi connectivity index (χ0v) is 15.9. The van der Waals surface area contributed by atoms with Crippen molar-refractivity contribution in [3.05, 3.63) is 61.2 Å². The molecule has 0 saturated heterocycles. The molecule has 0 radical (unpaired) electrons. The van der Waals surface area contributed by atoms with Gasteiger partial charge < -0.3 is 14.6 Å². The van der Waals surface area contributed by atoms with Gasteiger partial charge in [-0.15, -0.1) is 0 Å². The largest absolute Gasteiger partial charge is 0.504 e. The second kappa shape index (κ2) is 8.77. The fourth-order valence-corrected chi connectivity index (χ4v) is 2.92. The summed E-state index contributed by atoms with van der Waals surface area (Å²) in [5.41, 5.74) is 2.41. The van der Waals surface area contributed by atoms with Gasteiger partial charge in [0.25, 0.3) is 5.69 Å². The maximum atomic E-state index is 10.6. The molecule has 0 saturated carbocycles. The number of rotatable bonds is 7. The highest BCUT2D eigenvalue weighted by atomic mass is 127. The van der Waals surface area contributed by atoms with E-state index < -0.39 is 4.92 Å². The first kappa shape index (κ1) is 19.1. The Balaban J connectivity index is 1.95. The Morgan fingerprint density at radius 1 is 1.32 bits per heavy atom. The minimum atomic E-state index is -0.440. The fourth-order valence-electron chi connectivity index (χ4n) is 2.09. The quantitative estimate of drug-likeness (QED) is 0.224. The molecule has 8 heteroatoms. The normalized spacial score (nSPS) is 11.4. The van der Waals surface area contributed by atoms with Crippen LogP contribution in [0.1, 0.15) is 18.1 Å². The Bertz CT molecular complexity index is 790. The predicted molar refractivity (Wildman–Crippen MR) is 102 cm³/mol. The van der Waals surface area contributed by atoms with E-state index in [1.54, 1.807) is 24.3 Å². The van der Waals surface area contributed by atoms with Crippen LogP contribution in [0.5, 0.6) is 11.5 Å². The number of methoxy groups -OCH3 is 1. The number of non-ortho nitro benzene ring substituents is 1. The van der Waals surface area contributed by atoms with Crippen molar-refractivity contribution in [1.82, 2.24) is 0 Å². The van der Waals surface area contributed by atoms with Gasteiger partial charge in [-0.2, -0.15) is 0 Å². The van der Waals surface area contributed by atoms with Gasteiger partial charge in [0.2, 0.25) is 0 Å². The zero-order valence-electron chi connectivity index (χ0n) is 13.7. The van der Waals surface area contributed by atoms with E-state index in [9.17, 15) is 15.2 Å². The summed E-state index contributed by atoms with van der Waals surface area (Å²) in [6.45, 7) is 2.28. The van der Waals surface area contributed by atoms with Crippen molar-refractivity contribution < 1.29 is 19.5 Å². The van der Waals surface area contributed by atoms with Crippen molar-refractivity contribution in [2.45, 2.75) is 13.5 Å². The van der Waals surface area contributed by atoms with Crippen LogP contribution in [0.2, 0.25) is 0 Å². The highest BCUT2D eigenvalue weighted by molar-refractivity contribution is 14.1. The molecule has 0 aliphatic rings. The fraction of sp³-hybridized carbons (Fsp3) is 0.235. The number of hydrogen-bond donors (Lipinski definition) is 1. The lowest BCUT2D eigenvalue weighted by atomic mass is 10.1. The van der Waals surface area contributed by atoms with Crippen LogP contribution >= 0.6 is 22.6 Å². The average molecular weight is 456 g/mol. The zero-order chi connectivity index (χ0) is 18.4. The molecule has 132 valence electrons. The number of nitro benzene ring substituents is 1. The monoisotopic (exact) mass is 456 g/mol. The van der Waals surface area contributed by atoms with Gasteiger partial charge in [0.15, 0.2) is 11.5 Å². The van der Waals surface area contributed by atoms with Gasteiger partial charge in [-0.1, -0.05) is 0 Å². The third kappa shape index (κ3) is 5.13. The average Bonchev–Trinajstić information content (AvgIpc) is 2.60. The molecule has 2 rings (SSSR count). The second-order valence-corrected chi connectivity index (χ2v) is 6.31. The minimum absolute atomic E-state index is 0.0477. The molecule has 0 aliphatic heterocycles. The van der Waals surface area contributed by atoms with Crippen molar-refractivity contribution in [3.63, 3.8) is 0 Å². The number of aliphatic imine (C=N–C) groups is 1. The topological polar surface area (TPSA) is 94.2 Å². The van der Waals surface area contributed by atoms with Crippen molar-refractivity contribution in [2.75, 3.05) is 13.8 Å². The molecule has 0 aliphatic carbocycles. The van der Waals surface area contributed by atoms with E-state index >= 15 is 0 Å². The number of phenols is 1. The van der Waals surface area contributed by atoms with Gasteiger partial charge in [-0.3, -0.25) is 15.1 Å². The molecule has 0 heterocycles. The Labute approximate surface area is 158 Å². The molecular weight excluding hydrogens is 439 g/mol. The number of benzene rings is 2. The van der Waals surface area contributed by atoms with E-state index in [-0.39, 0.29) is 18.2 Å². The first-order valence-corrected chi connectivity index (χ1v) is 8.39. The first-order valence-electron chi connectivity index (χ1n) is 7.31. The van der Waals surface area contributed by atoms with Crippen molar-refractivity contribution in [3.8, 4) is 11.5 Å². The number of ether oxygens (including phenoxy) is 2. The van der Waals surface area contributed by atoms with Gasteiger partial charge in [-0.25, -0.2) is 0 Å². The van der Waals surface area contributed by atoms with Gasteiger partial charge in [-0.05, 0) is 59.3 Å². The number of hydrogen-bond acceptors (Lipinski definition) is 6. The molecule has 0 fully saturated rings. The molecule has 0 unspecified atom stereocenters. The summed E-state index contributed by atoms with van der Waals surface area (Å²) >= 11 is 2.15. The highest BCUT2D eigenvalue weighted by Crippen LogP contribution is 2.30. The van der Waals surface area contributed by atoms with Gasteiger partial charge in [0, 0.05) is 27.0 Å². The third-order valence-corrected chi connectivity index (χ3v) is 4.36. The Morgan fingerprint density at radius 3 is 2.60 bits per heavy atom. The molecule has 0 amide bonds. The molecule has 25 heavy (non-hydrogen) atoms. The summed E-state index contributed by atoms with van der Waals surface area (Å²) < 4.78 is 11.5. The summed E-state index contributed by atoms with van der Waals surface area (Å²) in [5.74, 6) is 0.467. The number of aromatic hydroxyl groups is 1. The molecule has 2 aromatic rings. The van der Waals surface area contributed by atoms with Crippen molar-refractivity contribution in [2.24, 2.45) is 4.99 Å². The molecule has 0 aromatic heterocycles. The summed E-state index contributed by atoms with van der Waals surface area (Å²) in [4.78, 5) is 14.5. The second-order valence-electron chi connectivity index (χ2n) is 5.15. The van der Waals surface area contributed by atoms with Crippen molar-refractivity contribution in [1.29, 1.82) is 0 Å². The smallest absolute Gasteiger partial charge is 0.269 e. The lowest BCUT2D eigenvalue weighted by Gasteiger charge is -2.09. The number of nitrogens with zero attached hydrogens (tertiary/aromatic N) is 2. The standard InChI is InChI=1S/C17H17IN2O5/c1-11(14-7-16(21)17(24-2)8-15(14)18)19-10-25-9-12-3-5-13(6-4-12)20(22)23/h3-8,21H,9-10H2,1-2H3/b19-11+. The van der Waals surface area contributed by atoms with Crippen LogP contribution in [0.3, 0.4) is 0 Å². The van der Waals surface area contributed by atoms with Gasteiger partial charge >= 0.3 is 0 Å². The Kier molecular flexibility index (Phi) is 6.71. The van der Waals surface area contributed by atoms with Crippen LogP contribution in [0.15, 0.2) is 41.4 Å². The number of halogens is 1. The van der Waals surface area contributed by atoms with Crippen LogP contribution in [-0.2, 0) is 11.3 Å². The minimum Gasteiger partial charge on any atom is -0.504 e. The highest BCUT2D eigenvalue weighted by Gasteiger charge is 2.10. The van der Waals surface area contributed by atoms with Crippen LogP contribution in [-0.4, -0.2) is 29.6 Å². The number of nitro groups is 1. The van der Waals surface area contributed by atoms with Gasteiger partial charge in [0.1, 0.15) is 6.73 Å². The van der Waals surface area contributed by atoms with Crippen LogP contribution in [0.4, 0.5) is 5.69 Å². The van der Waals surface area contributed by atoms with Crippen LogP contribution < -0.4 is 4.74 Å². The van der Waals surface area contributed by atoms with Crippen LogP contribution in [0.25, 0.3) is 0 Å². The maximum Gasteiger partial charge on any atom is 0.269 e. The molecule has 0 bridgehead atoms. The van der Waals surface area contributed by atoms with E-state index in [4.69, 9.17) is 9.47 Å². The molecule has 2 aromatic carbocycles. The lowest BCUT2D eigenvalue weighted by molar-refractivity contribution is -0.384. The van der Waals surface area contributed by atoms with E-state index in [0.717, 1.165) is 20.4 Å². The number of phenolic OH excluding ortho intramolecular Hbond substituents is 1. The SMILES string of the molecule is COc1cc(I)c(/C(C)=N/COCc2ccc([N+](=O)[O-])cc2)cc1O. The molecule has 0 atom stereocenters. The molecular formula is C17H17IN2O5. The maximum absolute atomic E-state index is 10.6. The third-order valence-electron chi connectivity index (χ3n) is 3.47.